The van der Waals surface area contributed by atoms with Crippen molar-refractivity contribution in [3.05, 3.63) is 36.7 Å². The number of hydrogen-bond acceptors (Lipinski definition) is 4. The molecule has 0 spiro atoms. The van der Waals surface area contributed by atoms with Gasteiger partial charge in [-0.05, 0) is 25.5 Å². The lowest BCUT2D eigenvalue weighted by Gasteiger charge is -2.43. The summed E-state index contributed by atoms with van der Waals surface area (Å²) in [5.41, 5.74) is 0.538. The third-order valence-corrected chi connectivity index (χ3v) is 4.19. The average molecular weight is 271 g/mol. The molecule has 1 aromatic heterocycles. The Bertz CT molecular complexity index is 623. The largest absolute Gasteiger partial charge is 0.458 e. The second-order valence-electron chi connectivity index (χ2n) is 5.31. The van der Waals surface area contributed by atoms with Crippen LogP contribution in [0.5, 0.6) is 6.01 Å². The SMILES string of the molecule is CCC1(C)C(=O)CC1Oc1ncn(-c2ccccc2)n1. The van der Waals surface area contributed by atoms with Crippen LogP contribution in [-0.4, -0.2) is 26.7 Å². The molecule has 0 N–H and O–H groups in total. The zero-order chi connectivity index (χ0) is 14.2. The zero-order valence-electron chi connectivity index (χ0n) is 11.6. The number of nitrogens with zero attached hydrogens (tertiary/aromatic N) is 3. The number of aromatic nitrogens is 3. The summed E-state index contributed by atoms with van der Waals surface area (Å²) in [4.78, 5) is 15.8. The van der Waals surface area contributed by atoms with E-state index in [2.05, 4.69) is 10.1 Å². The maximum absolute atomic E-state index is 11.7. The first-order chi connectivity index (χ1) is 9.63. The number of ketones is 1. The summed E-state index contributed by atoms with van der Waals surface area (Å²) in [5.74, 6) is 0.257. The molecule has 1 saturated carbocycles. The van der Waals surface area contributed by atoms with Crippen molar-refractivity contribution < 1.29 is 9.53 Å². The van der Waals surface area contributed by atoms with E-state index in [1.165, 1.54) is 0 Å². The van der Waals surface area contributed by atoms with Gasteiger partial charge in [-0.15, -0.1) is 5.10 Å². The summed E-state index contributed by atoms with van der Waals surface area (Å²) in [7, 11) is 0. The fourth-order valence-electron chi connectivity index (χ4n) is 2.41. The summed E-state index contributed by atoms with van der Waals surface area (Å²) >= 11 is 0. The Morgan fingerprint density at radius 3 is 2.80 bits per heavy atom. The predicted octanol–water partition coefficient (Wildman–Crippen LogP) is 2.40. The molecule has 3 rings (SSSR count). The van der Waals surface area contributed by atoms with E-state index in [-0.39, 0.29) is 11.9 Å². The van der Waals surface area contributed by atoms with Crippen LogP contribution in [-0.2, 0) is 4.79 Å². The summed E-state index contributed by atoms with van der Waals surface area (Å²) in [6, 6.07) is 10.0. The fraction of sp³-hybridized carbons (Fsp3) is 0.400. The van der Waals surface area contributed by atoms with Crippen molar-refractivity contribution in [2.45, 2.75) is 32.8 Å². The second-order valence-corrected chi connectivity index (χ2v) is 5.31. The lowest BCUT2D eigenvalue weighted by molar-refractivity contribution is -0.151. The summed E-state index contributed by atoms with van der Waals surface area (Å²) in [5, 5.41) is 4.30. The highest BCUT2D eigenvalue weighted by Gasteiger charge is 2.52. The number of carbonyl (C=O) groups excluding carboxylic acids is 1. The van der Waals surface area contributed by atoms with Gasteiger partial charge in [-0.1, -0.05) is 25.1 Å². The lowest BCUT2D eigenvalue weighted by atomic mass is 9.64. The van der Waals surface area contributed by atoms with Gasteiger partial charge in [0, 0.05) is 6.42 Å². The molecule has 20 heavy (non-hydrogen) atoms. The number of hydrogen-bond donors (Lipinski definition) is 0. The molecular formula is C15H17N3O2. The summed E-state index contributed by atoms with van der Waals surface area (Å²) in [6.07, 6.45) is 2.72. The molecule has 0 aliphatic heterocycles. The monoisotopic (exact) mass is 271 g/mol. The Balaban J connectivity index is 1.74. The maximum Gasteiger partial charge on any atom is 0.336 e. The van der Waals surface area contributed by atoms with Crippen molar-refractivity contribution in [2.75, 3.05) is 0 Å². The van der Waals surface area contributed by atoms with Gasteiger partial charge < -0.3 is 4.74 Å². The van der Waals surface area contributed by atoms with Gasteiger partial charge in [0.05, 0.1) is 11.1 Å². The summed E-state index contributed by atoms with van der Waals surface area (Å²) < 4.78 is 7.43. The van der Waals surface area contributed by atoms with E-state index >= 15 is 0 Å². The Kier molecular flexibility index (Phi) is 3.04. The van der Waals surface area contributed by atoms with E-state index < -0.39 is 5.41 Å². The van der Waals surface area contributed by atoms with Crippen LogP contribution in [0.1, 0.15) is 26.7 Å². The van der Waals surface area contributed by atoms with E-state index in [4.69, 9.17) is 4.74 Å². The Morgan fingerprint density at radius 2 is 2.15 bits per heavy atom. The molecule has 1 heterocycles. The van der Waals surface area contributed by atoms with Crippen LogP contribution in [0.3, 0.4) is 0 Å². The molecule has 0 radical (unpaired) electrons. The van der Waals surface area contributed by atoms with Crippen molar-refractivity contribution >= 4 is 5.78 Å². The number of ether oxygens (including phenoxy) is 1. The highest BCUT2D eigenvalue weighted by molar-refractivity contribution is 5.92. The van der Waals surface area contributed by atoms with Crippen molar-refractivity contribution in [1.29, 1.82) is 0 Å². The van der Waals surface area contributed by atoms with Gasteiger partial charge in [0.1, 0.15) is 18.2 Å². The standard InChI is InChI=1S/C15H17N3O2/c1-3-15(2)12(19)9-13(15)20-14-16-10-18(17-14)11-7-5-4-6-8-11/h4-8,10,13H,3,9H2,1-2H3. The van der Waals surface area contributed by atoms with Crippen molar-refractivity contribution in [3.8, 4) is 11.7 Å². The summed E-state index contributed by atoms with van der Waals surface area (Å²) in [6.45, 7) is 3.95. The first kappa shape index (κ1) is 12.8. The van der Waals surface area contributed by atoms with Gasteiger partial charge in [-0.2, -0.15) is 4.98 Å². The van der Waals surface area contributed by atoms with Gasteiger partial charge in [0.2, 0.25) is 0 Å². The molecular weight excluding hydrogens is 254 g/mol. The highest BCUT2D eigenvalue weighted by Crippen LogP contribution is 2.42. The number of rotatable bonds is 4. The second kappa shape index (κ2) is 4.74. The molecule has 1 aliphatic carbocycles. The third-order valence-electron chi connectivity index (χ3n) is 4.19. The van der Waals surface area contributed by atoms with E-state index in [1.54, 1.807) is 11.0 Å². The number of para-hydroxylation sites is 1. The predicted molar refractivity (Wildman–Crippen MR) is 73.8 cm³/mol. The molecule has 5 nitrogen and oxygen atoms in total. The topological polar surface area (TPSA) is 57.0 Å². The quantitative estimate of drug-likeness (QED) is 0.856. The molecule has 5 heteroatoms. The van der Waals surface area contributed by atoms with Crippen LogP contribution in [0.15, 0.2) is 36.7 Å². The van der Waals surface area contributed by atoms with Gasteiger partial charge in [0.15, 0.2) is 0 Å². The molecule has 2 atom stereocenters. The van der Waals surface area contributed by atoms with E-state index in [1.807, 2.05) is 44.2 Å². The van der Waals surface area contributed by atoms with Gasteiger partial charge in [0.25, 0.3) is 0 Å². The van der Waals surface area contributed by atoms with Gasteiger partial charge >= 0.3 is 6.01 Å². The van der Waals surface area contributed by atoms with Crippen molar-refractivity contribution in [3.63, 3.8) is 0 Å². The average Bonchev–Trinajstić information content (AvgIpc) is 2.95. The Morgan fingerprint density at radius 1 is 1.40 bits per heavy atom. The highest BCUT2D eigenvalue weighted by atomic mass is 16.5. The Labute approximate surface area is 117 Å². The van der Waals surface area contributed by atoms with E-state index in [0.717, 1.165) is 12.1 Å². The zero-order valence-corrected chi connectivity index (χ0v) is 11.6. The Hall–Kier alpha value is -2.17. The molecule has 1 aromatic carbocycles. The fourth-order valence-corrected chi connectivity index (χ4v) is 2.41. The van der Waals surface area contributed by atoms with Crippen LogP contribution in [0.25, 0.3) is 5.69 Å². The first-order valence-corrected chi connectivity index (χ1v) is 6.80. The van der Waals surface area contributed by atoms with Crippen molar-refractivity contribution in [1.82, 2.24) is 14.8 Å². The van der Waals surface area contributed by atoms with Crippen LogP contribution >= 0.6 is 0 Å². The minimum absolute atomic E-state index is 0.119. The van der Waals surface area contributed by atoms with Crippen LogP contribution < -0.4 is 4.74 Å². The first-order valence-electron chi connectivity index (χ1n) is 6.80. The van der Waals surface area contributed by atoms with Gasteiger partial charge in [-0.3, -0.25) is 4.79 Å². The molecule has 1 aliphatic rings. The van der Waals surface area contributed by atoms with Crippen LogP contribution in [0, 0.1) is 5.41 Å². The van der Waals surface area contributed by atoms with E-state index in [0.29, 0.717) is 12.4 Å². The van der Waals surface area contributed by atoms with Crippen LogP contribution in [0.2, 0.25) is 0 Å². The lowest BCUT2D eigenvalue weighted by Crippen LogP contribution is -2.54. The number of Topliss-reactive ketones (excluding diaryl/α,β-unsaturated/α-hetero) is 1. The maximum atomic E-state index is 11.7. The molecule has 104 valence electrons. The normalized spacial score (nSPS) is 25.3. The molecule has 1 fully saturated rings. The molecule has 2 aromatic rings. The number of carbonyl (C=O) groups is 1. The molecule has 0 bridgehead atoms. The third kappa shape index (κ3) is 1.99. The molecule has 2 unspecified atom stereocenters. The molecule has 0 saturated heterocycles. The minimum atomic E-state index is -0.391. The molecule has 0 amide bonds. The minimum Gasteiger partial charge on any atom is -0.458 e. The smallest absolute Gasteiger partial charge is 0.336 e. The van der Waals surface area contributed by atoms with Gasteiger partial charge in [-0.25, -0.2) is 4.68 Å². The van der Waals surface area contributed by atoms with Crippen molar-refractivity contribution in [2.24, 2.45) is 5.41 Å². The van der Waals surface area contributed by atoms with Crippen LogP contribution in [0.4, 0.5) is 0 Å². The van der Waals surface area contributed by atoms with E-state index in [9.17, 15) is 4.79 Å². The number of benzene rings is 1.